The molecular formula is C16H20N4O3. The summed E-state index contributed by atoms with van der Waals surface area (Å²) in [6.07, 6.45) is 6.69. The Morgan fingerprint density at radius 1 is 1.43 bits per heavy atom. The lowest BCUT2D eigenvalue weighted by Gasteiger charge is -2.16. The topological polar surface area (TPSA) is 81.4 Å². The molecule has 7 heteroatoms. The van der Waals surface area contributed by atoms with Crippen molar-refractivity contribution in [3.8, 4) is 5.88 Å². The average molecular weight is 316 g/mol. The van der Waals surface area contributed by atoms with E-state index >= 15 is 0 Å². The first-order valence-corrected chi connectivity index (χ1v) is 7.75. The summed E-state index contributed by atoms with van der Waals surface area (Å²) in [5, 5.41) is 3.92. The quantitative estimate of drug-likeness (QED) is 0.835. The molecular weight excluding hydrogens is 296 g/mol. The zero-order valence-electron chi connectivity index (χ0n) is 13.4. The van der Waals surface area contributed by atoms with E-state index in [1.807, 2.05) is 18.7 Å². The lowest BCUT2D eigenvalue weighted by atomic mass is 10.1. The Labute approximate surface area is 134 Å². The SMILES string of the molecule is Cc1noc(C)c1CCC(=O)N1CC[C@H](Oc2cnccn2)C1. The number of aryl methyl sites for hydroxylation is 2. The van der Waals surface area contributed by atoms with Gasteiger partial charge in [0.2, 0.25) is 11.8 Å². The highest BCUT2D eigenvalue weighted by Crippen LogP contribution is 2.19. The molecule has 1 atom stereocenters. The Morgan fingerprint density at radius 3 is 3.00 bits per heavy atom. The lowest BCUT2D eigenvalue weighted by molar-refractivity contribution is -0.130. The fourth-order valence-corrected chi connectivity index (χ4v) is 2.82. The average Bonchev–Trinajstić information content (AvgIpc) is 3.14. The van der Waals surface area contributed by atoms with Crippen LogP contribution in [-0.4, -0.2) is 45.1 Å². The molecule has 0 N–H and O–H groups in total. The van der Waals surface area contributed by atoms with Gasteiger partial charge in [-0.2, -0.15) is 0 Å². The van der Waals surface area contributed by atoms with Crippen LogP contribution in [0.1, 0.15) is 29.9 Å². The summed E-state index contributed by atoms with van der Waals surface area (Å²) < 4.78 is 10.9. The Bertz CT molecular complexity index is 652. The molecule has 1 saturated heterocycles. The summed E-state index contributed by atoms with van der Waals surface area (Å²) >= 11 is 0. The minimum absolute atomic E-state index is 0.0188. The Morgan fingerprint density at radius 2 is 2.30 bits per heavy atom. The second-order valence-electron chi connectivity index (χ2n) is 5.71. The molecule has 7 nitrogen and oxygen atoms in total. The predicted octanol–water partition coefficient (Wildman–Crippen LogP) is 1.69. The molecule has 0 unspecified atom stereocenters. The van der Waals surface area contributed by atoms with E-state index in [0.717, 1.165) is 23.4 Å². The van der Waals surface area contributed by atoms with Crippen molar-refractivity contribution in [1.29, 1.82) is 0 Å². The van der Waals surface area contributed by atoms with Crippen LogP contribution in [0.15, 0.2) is 23.1 Å². The number of hydrogen-bond donors (Lipinski definition) is 0. The highest BCUT2D eigenvalue weighted by atomic mass is 16.5. The smallest absolute Gasteiger partial charge is 0.232 e. The van der Waals surface area contributed by atoms with Gasteiger partial charge in [-0.3, -0.25) is 9.78 Å². The van der Waals surface area contributed by atoms with Crippen molar-refractivity contribution in [2.45, 2.75) is 39.2 Å². The van der Waals surface area contributed by atoms with E-state index < -0.39 is 0 Å². The molecule has 0 bridgehead atoms. The van der Waals surface area contributed by atoms with E-state index in [0.29, 0.717) is 31.8 Å². The molecule has 3 heterocycles. The number of nitrogens with zero attached hydrogens (tertiary/aromatic N) is 4. The molecule has 23 heavy (non-hydrogen) atoms. The van der Waals surface area contributed by atoms with E-state index in [-0.39, 0.29) is 12.0 Å². The normalized spacial score (nSPS) is 17.5. The number of ether oxygens (including phenoxy) is 1. The van der Waals surface area contributed by atoms with Crippen molar-refractivity contribution in [2.75, 3.05) is 13.1 Å². The van der Waals surface area contributed by atoms with Crippen LogP contribution in [0.25, 0.3) is 0 Å². The number of rotatable bonds is 5. The number of aromatic nitrogens is 3. The minimum atomic E-state index is -0.0188. The molecule has 3 rings (SSSR count). The van der Waals surface area contributed by atoms with E-state index in [2.05, 4.69) is 15.1 Å². The summed E-state index contributed by atoms with van der Waals surface area (Å²) in [5.74, 6) is 1.43. The second-order valence-corrected chi connectivity index (χ2v) is 5.71. The standard InChI is InChI=1S/C16H20N4O3/c1-11-14(12(2)23-19-11)3-4-16(21)20-8-5-13(10-20)22-15-9-17-6-7-18-15/h6-7,9,13H,3-5,8,10H2,1-2H3/t13-/m0/s1. The van der Waals surface area contributed by atoms with Crippen LogP contribution < -0.4 is 4.74 Å². The van der Waals surface area contributed by atoms with E-state index in [9.17, 15) is 4.79 Å². The molecule has 0 aliphatic carbocycles. The number of likely N-dealkylation sites (tertiary alicyclic amines) is 1. The molecule has 1 aliphatic rings. The Kier molecular flexibility index (Phi) is 4.55. The number of hydrogen-bond acceptors (Lipinski definition) is 6. The third-order valence-electron chi connectivity index (χ3n) is 4.09. The van der Waals surface area contributed by atoms with Crippen molar-refractivity contribution in [3.05, 3.63) is 35.6 Å². The molecule has 0 radical (unpaired) electrons. The number of carbonyl (C=O) groups excluding carboxylic acids is 1. The number of amides is 1. The molecule has 1 aliphatic heterocycles. The first-order chi connectivity index (χ1) is 11.1. The van der Waals surface area contributed by atoms with Crippen LogP contribution in [0.2, 0.25) is 0 Å². The van der Waals surface area contributed by atoms with Crippen molar-refractivity contribution in [3.63, 3.8) is 0 Å². The predicted molar refractivity (Wildman–Crippen MR) is 81.9 cm³/mol. The van der Waals surface area contributed by atoms with Crippen LogP contribution in [0.4, 0.5) is 0 Å². The zero-order valence-corrected chi connectivity index (χ0v) is 13.4. The molecule has 0 spiro atoms. The highest BCUT2D eigenvalue weighted by Gasteiger charge is 2.28. The van der Waals surface area contributed by atoms with Gasteiger partial charge in [-0.1, -0.05) is 5.16 Å². The van der Waals surface area contributed by atoms with Crippen LogP contribution in [0, 0.1) is 13.8 Å². The van der Waals surface area contributed by atoms with Gasteiger partial charge in [0, 0.05) is 37.3 Å². The summed E-state index contributed by atoms with van der Waals surface area (Å²) in [6.45, 7) is 5.08. The van der Waals surface area contributed by atoms with Gasteiger partial charge in [-0.15, -0.1) is 0 Å². The van der Waals surface area contributed by atoms with Crippen LogP contribution in [-0.2, 0) is 11.2 Å². The van der Waals surface area contributed by atoms with Crippen LogP contribution in [0.3, 0.4) is 0 Å². The maximum Gasteiger partial charge on any atom is 0.232 e. The van der Waals surface area contributed by atoms with Crippen molar-refractivity contribution in [1.82, 2.24) is 20.0 Å². The first-order valence-electron chi connectivity index (χ1n) is 7.75. The molecule has 0 aromatic carbocycles. The summed E-state index contributed by atoms with van der Waals surface area (Å²) in [7, 11) is 0. The maximum absolute atomic E-state index is 12.4. The zero-order chi connectivity index (χ0) is 16.2. The van der Waals surface area contributed by atoms with Crippen molar-refractivity contribution in [2.24, 2.45) is 0 Å². The summed E-state index contributed by atoms with van der Waals surface area (Å²) in [6, 6.07) is 0. The first kappa shape index (κ1) is 15.5. The summed E-state index contributed by atoms with van der Waals surface area (Å²) in [5.41, 5.74) is 1.89. The largest absolute Gasteiger partial charge is 0.471 e. The van der Waals surface area contributed by atoms with E-state index in [1.165, 1.54) is 0 Å². The van der Waals surface area contributed by atoms with Gasteiger partial charge in [0.25, 0.3) is 0 Å². The Hall–Kier alpha value is -2.44. The molecule has 2 aromatic rings. The van der Waals surface area contributed by atoms with Gasteiger partial charge in [0.1, 0.15) is 11.9 Å². The summed E-state index contributed by atoms with van der Waals surface area (Å²) in [4.78, 5) is 22.3. The number of carbonyl (C=O) groups is 1. The van der Waals surface area contributed by atoms with Gasteiger partial charge in [-0.25, -0.2) is 4.98 Å². The third kappa shape index (κ3) is 3.67. The molecule has 1 fully saturated rings. The van der Waals surface area contributed by atoms with E-state index in [4.69, 9.17) is 9.26 Å². The maximum atomic E-state index is 12.4. The van der Waals surface area contributed by atoms with Crippen molar-refractivity contribution < 1.29 is 14.1 Å². The molecule has 122 valence electrons. The second kappa shape index (κ2) is 6.76. The molecule has 0 saturated carbocycles. The minimum Gasteiger partial charge on any atom is -0.471 e. The molecule has 1 amide bonds. The van der Waals surface area contributed by atoms with Gasteiger partial charge in [0.05, 0.1) is 18.4 Å². The van der Waals surface area contributed by atoms with Crippen molar-refractivity contribution >= 4 is 5.91 Å². The van der Waals surface area contributed by atoms with Gasteiger partial charge < -0.3 is 14.2 Å². The monoisotopic (exact) mass is 316 g/mol. The lowest BCUT2D eigenvalue weighted by Crippen LogP contribution is -2.31. The van der Waals surface area contributed by atoms with Gasteiger partial charge in [-0.05, 0) is 20.3 Å². The van der Waals surface area contributed by atoms with E-state index in [1.54, 1.807) is 18.6 Å². The molecule has 2 aromatic heterocycles. The third-order valence-corrected chi connectivity index (χ3v) is 4.09. The Balaban J connectivity index is 1.49. The fraction of sp³-hybridized carbons (Fsp3) is 0.500. The van der Waals surface area contributed by atoms with Crippen LogP contribution >= 0.6 is 0 Å². The van der Waals surface area contributed by atoms with Gasteiger partial charge in [0.15, 0.2) is 0 Å². The van der Waals surface area contributed by atoms with Crippen LogP contribution in [0.5, 0.6) is 5.88 Å². The fourth-order valence-electron chi connectivity index (χ4n) is 2.82. The van der Waals surface area contributed by atoms with Gasteiger partial charge >= 0.3 is 0 Å². The highest BCUT2D eigenvalue weighted by molar-refractivity contribution is 5.76.